The average Bonchev–Trinajstić information content (AvgIpc) is 3.05. The molecule has 2 N–H and O–H groups in total. The molecule has 0 bridgehead atoms. The van der Waals surface area contributed by atoms with E-state index >= 15 is 0 Å². The summed E-state index contributed by atoms with van der Waals surface area (Å²) in [6.45, 7) is 2.17. The van der Waals surface area contributed by atoms with Gasteiger partial charge in [-0.05, 0) is 10.8 Å². The van der Waals surface area contributed by atoms with Crippen molar-refractivity contribution >= 4 is 77.1 Å². The predicted octanol–water partition coefficient (Wildman–Crippen LogP) is 7.65. The van der Waals surface area contributed by atoms with Crippen molar-refractivity contribution < 1.29 is 60.6 Å². The van der Waals surface area contributed by atoms with E-state index in [9.17, 15) is 0 Å². The Labute approximate surface area is 291 Å². The van der Waals surface area contributed by atoms with Gasteiger partial charge in [0.1, 0.15) is 0 Å². The summed E-state index contributed by atoms with van der Waals surface area (Å²) in [5.74, 6) is -1.67. The van der Waals surface area contributed by atoms with Gasteiger partial charge in [0, 0.05) is 90.5 Å². The molecule has 46 heavy (non-hydrogen) atoms. The second kappa shape index (κ2) is 16.6. The standard InChI is InChI=1S/2C16H9N2.2C2H4O2.2Pd/c2*1-3-7-13-11(5-1)12-6-2-4-8-14(12)16-15(13)17-9-10-18-16;2*1-2(3)4;;/h2*1-7,9-10H;2*1H3,(H,3,4);;/q2*-1;;;;. The Kier molecular flexibility index (Phi) is 12.9. The molecule has 8 rings (SSSR count). The van der Waals surface area contributed by atoms with E-state index in [0.29, 0.717) is 0 Å². The van der Waals surface area contributed by atoms with Gasteiger partial charge >= 0.3 is 0 Å². The van der Waals surface area contributed by atoms with Crippen molar-refractivity contribution in [1.82, 2.24) is 19.9 Å². The number of carboxylic acid groups (broad SMARTS) is 2. The number of carboxylic acids is 2. The first-order valence-electron chi connectivity index (χ1n) is 13.6. The van der Waals surface area contributed by atoms with Gasteiger partial charge < -0.3 is 20.2 Å². The van der Waals surface area contributed by atoms with Crippen molar-refractivity contribution in [3.8, 4) is 0 Å². The number of aromatic nitrogens is 4. The van der Waals surface area contributed by atoms with E-state index in [1.54, 1.807) is 24.8 Å². The molecule has 0 unspecified atom stereocenters. The number of hydrogen-bond donors (Lipinski definition) is 2. The Balaban J connectivity index is 0.000000197. The van der Waals surface area contributed by atoms with E-state index in [4.69, 9.17) is 19.8 Å². The van der Waals surface area contributed by atoms with Crippen LogP contribution in [0.5, 0.6) is 0 Å². The van der Waals surface area contributed by atoms with Crippen LogP contribution >= 0.6 is 0 Å². The van der Waals surface area contributed by atoms with Crippen molar-refractivity contribution in [3.63, 3.8) is 0 Å². The van der Waals surface area contributed by atoms with Crippen molar-refractivity contribution in [2.24, 2.45) is 0 Å². The van der Waals surface area contributed by atoms with Crippen LogP contribution in [0, 0.1) is 12.1 Å². The van der Waals surface area contributed by atoms with Crippen LogP contribution in [0.2, 0.25) is 0 Å². The van der Waals surface area contributed by atoms with E-state index in [1.807, 2.05) is 36.4 Å². The summed E-state index contributed by atoms with van der Waals surface area (Å²) in [5.41, 5.74) is 3.74. The van der Waals surface area contributed by atoms with E-state index in [-0.39, 0.29) is 40.8 Å². The largest absolute Gasteiger partial charge is 0.481 e. The number of carbonyl (C=O) groups is 2. The first-order valence-corrected chi connectivity index (χ1v) is 13.6. The van der Waals surface area contributed by atoms with Gasteiger partial charge in [0.15, 0.2) is 0 Å². The summed E-state index contributed by atoms with van der Waals surface area (Å²) in [4.78, 5) is 35.9. The molecule has 0 saturated heterocycles. The molecule has 0 amide bonds. The summed E-state index contributed by atoms with van der Waals surface area (Å²) in [6.07, 6.45) is 6.95. The zero-order chi connectivity index (χ0) is 31.1. The molecule has 0 fully saturated rings. The van der Waals surface area contributed by atoms with Crippen LogP contribution in [0.3, 0.4) is 0 Å². The minimum Gasteiger partial charge on any atom is -0.481 e. The molecule has 8 nitrogen and oxygen atoms in total. The maximum Gasteiger partial charge on any atom is 0.300 e. The SMILES string of the molecule is CC(=O)O.CC(=O)O.[Pd].[Pd].[c-]1cccc2c1c1nccnc1c1ccccc21.[c-]1cccc2c1c1nccnc1c1ccccc21. The smallest absolute Gasteiger partial charge is 0.300 e. The fourth-order valence-corrected chi connectivity index (χ4v) is 5.00. The van der Waals surface area contributed by atoms with Crippen LogP contribution in [0.25, 0.3) is 65.2 Å². The Hall–Kier alpha value is -4.70. The maximum atomic E-state index is 9.00. The number of fused-ring (bicyclic) bond motifs is 12. The van der Waals surface area contributed by atoms with Gasteiger partial charge in [-0.1, -0.05) is 70.1 Å². The van der Waals surface area contributed by atoms with Crippen molar-refractivity contribution in [2.45, 2.75) is 13.8 Å². The summed E-state index contributed by atoms with van der Waals surface area (Å²) >= 11 is 0. The molecule has 10 heteroatoms. The fourth-order valence-electron chi connectivity index (χ4n) is 5.00. The number of aliphatic carboxylic acids is 2. The van der Waals surface area contributed by atoms with Gasteiger partial charge in [0.2, 0.25) is 0 Å². The molecule has 0 atom stereocenters. The molecule has 0 aliphatic heterocycles. The fraction of sp³-hybridized carbons (Fsp3) is 0.0556. The molecule has 0 aliphatic rings. The van der Waals surface area contributed by atoms with Gasteiger partial charge in [0.05, 0.1) is 11.0 Å². The van der Waals surface area contributed by atoms with E-state index in [2.05, 4.69) is 80.6 Å². The van der Waals surface area contributed by atoms with E-state index < -0.39 is 11.9 Å². The zero-order valence-corrected chi connectivity index (χ0v) is 27.6. The molecular formula is C36H26N4O4Pd2-2. The van der Waals surface area contributed by atoms with Gasteiger partial charge in [-0.25, -0.2) is 0 Å². The predicted molar refractivity (Wildman–Crippen MR) is 173 cm³/mol. The van der Waals surface area contributed by atoms with Crippen LogP contribution in [-0.2, 0) is 50.4 Å². The number of benzene rings is 6. The second-order valence-corrected chi connectivity index (χ2v) is 9.55. The zero-order valence-electron chi connectivity index (χ0n) is 24.5. The third-order valence-corrected chi connectivity index (χ3v) is 6.53. The number of rotatable bonds is 0. The Morgan fingerprint density at radius 1 is 0.478 bits per heavy atom. The van der Waals surface area contributed by atoms with Crippen LogP contribution in [0.4, 0.5) is 0 Å². The first-order chi connectivity index (χ1) is 21.4. The molecule has 2 heterocycles. The van der Waals surface area contributed by atoms with Crippen LogP contribution in [0.15, 0.2) is 110 Å². The van der Waals surface area contributed by atoms with Crippen molar-refractivity contribution in [3.05, 3.63) is 122 Å². The first kappa shape index (κ1) is 35.8. The Morgan fingerprint density at radius 2 is 0.761 bits per heavy atom. The third-order valence-electron chi connectivity index (χ3n) is 6.53. The monoisotopic (exact) mass is 790 g/mol. The van der Waals surface area contributed by atoms with Gasteiger partial charge in [-0.2, -0.15) is 0 Å². The second-order valence-electron chi connectivity index (χ2n) is 9.55. The molecule has 236 valence electrons. The molecule has 0 spiro atoms. The van der Waals surface area contributed by atoms with Crippen LogP contribution < -0.4 is 0 Å². The normalized spacial score (nSPS) is 9.96. The minimum atomic E-state index is -0.833. The van der Waals surface area contributed by atoms with E-state index in [1.165, 1.54) is 21.5 Å². The summed E-state index contributed by atoms with van der Waals surface area (Å²) in [6, 6.07) is 35.3. The average molecular weight is 791 g/mol. The number of nitrogens with zero attached hydrogens (tertiary/aromatic N) is 4. The van der Waals surface area contributed by atoms with Gasteiger partial charge in [-0.15, -0.1) is 59.3 Å². The van der Waals surface area contributed by atoms with Gasteiger partial charge in [-0.3, -0.25) is 19.6 Å². The molecule has 2 aromatic heterocycles. The molecule has 0 saturated carbocycles. The summed E-state index contributed by atoms with van der Waals surface area (Å²) in [5, 5.41) is 24.0. The summed E-state index contributed by atoms with van der Waals surface area (Å²) in [7, 11) is 0. The van der Waals surface area contributed by atoms with Crippen LogP contribution in [-0.4, -0.2) is 42.1 Å². The van der Waals surface area contributed by atoms with Crippen molar-refractivity contribution in [1.29, 1.82) is 0 Å². The minimum absolute atomic E-state index is 0. The Morgan fingerprint density at radius 3 is 1.11 bits per heavy atom. The third kappa shape index (κ3) is 7.93. The van der Waals surface area contributed by atoms with Gasteiger partial charge in [0.25, 0.3) is 11.9 Å². The molecule has 6 aromatic carbocycles. The Bertz CT molecular complexity index is 1690. The van der Waals surface area contributed by atoms with Crippen molar-refractivity contribution in [2.75, 3.05) is 0 Å². The molecule has 8 aromatic rings. The topological polar surface area (TPSA) is 126 Å². The molecular weight excluding hydrogens is 765 g/mol. The van der Waals surface area contributed by atoms with E-state index in [0.717, 1.165) is 57.5 Å². The van der Waals surface area contributed by atoms with Crippen LogP contribution in [0.1, 0.15) is 13.8 Å². The number of hydrogen-bond acceptors (Lipinski definition) is 6. The molecule has 0 radical (unpaired) electrons. The molecule has 0 aliphatic carbocycles. The summed E-state index contributed by atoms with van der Waals surface area (Å²) < 4.78 is 0. The maximum absolute atomic E-state index is 9.00. The quantitative estimate of drug-likeness (QED) is 0.0912.